The summed E-state index contributed by atoms with van der Waals surface area (Å²) in [6.45, 7) is 8.88. The second-order valence-corrected chi connectivity index (χ2v) is 10.7. The van der Waals surface area contributed by atoms with Crippen LogP contribution in [0.25, 0.3) is 10.2 Å². The van der Waals surface area contributed by atoms with Gasteiger partial charge in [0, 0.05) is 38.8 Å². The van der Waals surface area contributed by atoms with Crippen molar-refractivity contribution in [1.82, 2.24) is 24.8 Å². The number of halogens is 1. The first kappa shape index (κ1) is 24.8. The topological polar surface area (TPSA) is 101 Å². The fraction of sp³-hybridized carbons (Fsp3) is 0.458. The molecule has 11 heteroatoms. The summed E-state index contributed by atoms with van der Waals surface area (Å²) < 4.78 is 19.7. The molecule has 1 N–H and O–H groups in total. The Morgan fingerprint density at radius 1 is 1.31 bits per heavy atom. The normalized spacial score (nSPS) is 15.0. The minimum absolute atomic E-state index is 0.162. The van der Waals surface area contributed by atoms with E-state index in [4.69, 9.17) is 4.74 Å². The quantitative estimate of drug-likeness (QED) is 0.537. The third-order valence-corrected chi connectivity index (χ3v) is 6.47. The summed E-state index contributed by atoms with van der Waals surface area (Å²) in [5, 5.41) is 5.02. The molecule has 1 aliphatic heterocycles. The Balaban J connectivity index is 1.43. The monoisotopic (exact) mass is 500 g/mol. The number of anilines is 1. The number of nitrogens with one attached hydrogen (secondary N) is 1. The van der Waals surface area contributed by atoms with Gasteiger partial charge in [-0.15, -0.1) is 11.3 Å². The van der Waals surface area contributed by atoms with Crippen molar-refractivity contribution in [3.8, 4) is 0 Å². The average Bonchev–Trinajstić information content (AvgIpc) is 3.22. The summed E-state index contributed by atoms with van der Waals surface area (Å²) in [5.74, 6) is -0.155. The Morgan fingerprint density at radius 3 is 2.74 bits per heavy atom. The summed E-state index contributed by atoms with van der Waals surface area (Å²) in [6.07, 6.45) is 2.34. The molecule has 2 amide bonds. The van der Waals surface area contributed by atoms with Crippen LogP contribution in [-0.4, -0.2) is 69.0 Å². The van der Waals surface area contributed by atoms with E-state index in [2.05, 4.69) is 20.3 Å². The van der Waals surface area contributed by atoms with Gasteiger partial charge >= 0.3 is 6.09 Å². The summed E-state index contributed by atoms with van der Waals surface area (Å²) >= 11 is 1.41. The highest BCUT2D eigenvalue weighted by Gasteiger charge is 2.35. The molecule has 0 bridgehead atoms. The van der Waals surface area contributed by atoms with Crippen LogP contribution in [0.3, 0.4) is 0 Å². The van der Waals surface area contributed by atoms with Crippen molar-refractivity contribution in [2.75, 3.05) is 32.0 Å². The number of likely N-dealkylation sites (tertiary alicyclic amines) is 1. The van der Waals surface area contributed by atoms with Crippen LogP contribution in [-0.2, 0) is 4.74 Å². The molecule has 35 heavy (non-hydrogen) atoms. The lowest BCUT2D eigenvalue weighted by Gasteiger charge is -2.40. The van der Waals surface area contributed by atoms with Crippen LogP contribution in [0.5, 0.6) is 0 Å². The maximum absolute atomic E-state index is 13.6. The van der Waals surface area contributed by atoms with E-state index < -0.39 is 11.4 Å². The molecule has 0 spiro atoms. The van der Waals surface area contributed by atoms with E-state index in [1.807, 2.05) is 39.1 Å². The molecule has 4 rings (SSSR count). The zero-order valence-corrected chi connectivity index (χ0v) is 21.2. The largest absolute Gasteiger partial charge is 0.444 e. The Bertz CT molecular complexity index is 1240. The highest BCUT2D eigenvalue weighted by atomic mass is 32.1. The number of carbonyl (C=O) groups excluding carboxylic acids is 2. The number of aromatic nitrogens is 3. The smallest absolute Gasteiger partial charge is 0.410 e. The number of hydrogen-bond donors (Lipinski definition) is 1. The molecule has 0 aromatic carbocycles. The van der Waals surface area contributed by atoms with Crippen molar-refractivity contribution in [1.29, 1.82) is 0 Å². The minimum atomic E-state index is -0.555. The Labute approximate surface area is 207 Å². The first-order valence-electron chi connectivity index (χ1n) is 11.4. The molecule has 4 heterocycles. The van der Waals surface area contributed by atoms with E-state index in [0.29, 0.717) is 36.4 Å². The van der Waals surface area contributed by atoms with Gasteiger partial charge in [0.05, 0.1) is 22.5 Å². The fourth-order valence-electron chi connectivity index (χ4n) is 3.82. The maximum Gasteiger partial charge on any atom is 0.410 e. The summed E-state index contributed by atoms with van der Waals surface area (Å²) in [7, 11) is 1.70. The van der Waals surface area contributed by atoms with Crippen molar-refractivity contribution in [3.63, 3.8) is 0 Å². The number of fused-ring (bicyclic) bond motifs is 1. The molecule has 9 nitrogen and oxygen atoms in total. The Kier molecular flexibility index (Phi) is 6.88. The van der Waals surface area contributed by atoms with Gasteiger partial charge in [-0.1, -0.05) is 0 Å². The number of nitrogens with zero attached hydrogens (tertiary/aromatic N) is 5. The van der Waals surface area contributed by atoms with Crippen LogP contribution >= 0.6 is 11.3 Å². The van der Waals surface area contributed by atoms with Gasteiger partial charge in [0.2, 0.25) is 5.95 Å². The summed E-state index contributed by atoms with van der Waals surface area (Å²) in [6, 6.07) is 2.93. The number of carbonyl (C=O) groups is 2. The molecular formula is C24H29FN6O3S. The summed E-state index contributed by atoms with van der Waals surface area (Å²) in [4.78, 5) is 41.7. The van der Waals surface area contributed by atoms with Crippen molar-refractivity contribution in [2.24, 2.45) is 5.92 Å². The lowest BCUT2D eigenvalue weighted by Crippen LogP contribution is -2.54. The van der Waals surface area contributed by atoms with E-state index in [-0.39, 0.29) is 29.9 Å². The third kappa shape index (κ3) is 5.84. The second-order valence-electron chi connectivity index (χ2n) is 9.77. The van der Waals surface area contributed by atoms with Gasteiger partial charge in [-0.2, -0.15) is 0 Å². The van der Waals surface area contributed by atoms with E-state index in [1.165, 1.54) is 17.4 Å². The van der Waals surface area contributed by atoms with Gasteiger partial charge in [-0.3, -0.25) is 9.78 Å². The predicted molar refractivity (Wildman–Crippen MR) is 132 cm³/mol. The van der Waals surface area contributed by atoms with Crippen molar-refractivity contribution < 1.29 is 18.7 Å². The lowest BCUT2D eigenvalue weighted by atomic mass is 9.99. The third-order valence-electron chi connectivity index (χ3n) is 5.56. The van der Waals surface area contributed by atoms with Gasteiger partial charge in [-0.05, 0) is 50.8 Å². The van der Waals surface area contributed by atoms with Crippen LogP contribution < -0.4 is 5.32 Å². The number of rotatable bonds is 6. The Morgan fingerprint density at radius 2 is 2.06 bits per heavy atom. The maximum atomic E-state index is 13.6. The molecule has 0 aliphatic carbocycles. The molecule has 1 atom stereocenters. The molecule has 0 saturated carbocycles. The van der Waals surface area contributed by atoms with E-state index in [9.17, 15) is 14.0 Å². The fourth-order valence-corrected chi connectivity index (χ4v) is 4.63. The van der Waals surface area contributed by atoms with Gasteiger partial charge in [-0.25, -0.2) is 19.2 Å². The molecule has 1 saturated heterocycles. The standard InChI is InChI=1S/C24H29FN6O3S/c1-14(16-8-17(25)10-26-9-16)27-22-28-18-6-7-35-20(18)19(29-22)21(32)31-12-15(13-31)11-30(5)23(33)34-24(2,3)4/h6-10,14-15H,11-13H2,1-5H3,(H,27,28,29). The van der Waals surface area contributed by atoms with E-state index >= 15 is 0 Å². The van der Waals surface area contributed by atoms with Crippen LogP contribution in [0.15, 0.2) is 29.9 Å². The van der Waals surface area contributed by atoms with Gasteiger partial charge in [0.1, 0.15) is 11.4 Å². The van der Waals surface area contributed by atoms with Gasteiger partial charge < -0.3 is 19.9 Å². The molecular weight excluding hydrogens is 471 g/mol. The predicted octanol–water partition coefficient (Wildman–Crippen LogP) is 4.34. The minimum Gasteiger partial charge on any atom is -0.444 e. The van der Waals surface area contributed by atoms with Crippen molar-refractivity contribution in [3.05, 3.63) is 47.0 Å². The van der Waals surface area contributed by atoms with E-state index in [0.717, 1.165) is 10.9 Å². The first-order chi connectivity index (χ1) is 16.5. The van der Waals surface area contributed by atoms with Crippen molar-refractivity contribution >= 4 is 39.5 Å². The molecule has 1 aliphatic rings. The van der Waals surface area contributed by atoms with Crippen LogP contribution in [0.2, 0.25) is 0 Å². The molecule has 1 fully saturated rings. The average molecular weight is 501 g/mol. The van der Waals surface area contributed by atoms with Crippen molar-refractivity contribution in [2.45, 2.75) is 39.3 Å². The highest BCUT2D eigenvalue weighted by Crippen LogP contribution is 2.28. The Hall–Kier alpha value is -3.34. The van der Waals surface area contributed by atoms with Crippen LogP contribution in [0.4, 0.5) is 15.1 Å². The highest BCUT2D eigenvalue weighted by molar-refractivity contribution is 7.17. The number of hydrogen-bond acceptors (Lipinski definition) is 8. The molecule has 3 aromatic heterocycles. The number of thiophene rings is 1. The second kappa shape index (κ2) is 9.73. The SMILES string of the molecule is CC(Nc1nc(C(=O)N2CC(CN(C)C(=O)OC(C)(C)C)C2)c2sccc2n1)c1cncc(F)c1. The van der Waals surface area contributed by atoms with E-state index in [1.54, 1.807) is 23.0 Å². The first-order valence-corrected chi connectivity index (χ1v) is 12.2. The van der Waals surface area contributed by atoms with Crippen LogP contribution in [0, 0.1) is 11.7 Å². The summed E-state index contributed by atoms with van der Waals surface area (Å²) in [5.41, 5.74) is 1.09. The lowest BCUT2D eigenvalue weighted by molar-refractivity contribution is 0.0166. The van der Waals surface area contributed by atoms with Gasteiger partial charge in [0.15, 0.2) is 5.69 Å². The number of amides is 2. The number of ether oxygens (including phenoxy) is 1. The van der Waals surface area contributed by atoms with Gasteiger partial charge in [0.25, 0.3) is 5.91 Å². The molecule has 186 valence electrons. The zero-order chi connectivity index (χ0) is 25.3. The molecule has 1 unspecified atom stereocenters. The number of pyridine rings is 1. The van der Waals surface area contributed by atoms with Crippen LogP contribution in [0.1, 0.15) is 49.8 Å². The molecule has 0 radical (unpaired) electrons. The zero-order valence-electron chi connectivity index (χ0n) is 20.4. The molecule has 3 aromatic rings.